The number of hydrogen-bond donors (Lipinski definition) is 0. The van der Waals surface area contributed by atoms with Gasteiger partial charge in [-0.25, -0.2) is 8.42 Å². The van der Waals surface area contributed by atoms with E-state index in [1.807, 2.05) is 60.7 Å². The van der Waals surface area contributed by atoms with Crippen LogP contribution in [-0.2, 0) is 23.1 Å². The number of sulfonamides is 1. The van der Waals surface area contributed by atoms with Crippen LogP contribution in [0.3, 0.4) is 0 Å². The third-order valence-corrected chi connectivity index (χ3v) is 10.5. The van der Waals surface area contributed by atoms with Crippen LogP contribution in [0.15, 0.2) is 95.9 Å². The minimum absolute atomic E-state index is 0.353. The number of hydrogen-bond acceptors (Lipinski definition) is 2. The number of unbranched alkanes of at least 4 members (excludes halogenated alkanes) is 1. The highest BCUT2D eigenvalue weighted by atomic mass is 79.9. The summed E-state index contributed by atoms with van der Waals surface area (Å²) >= 11 is 3.80. The molecule has 39 heavy (non-hydrogen) atoms. The van der Waals surface area contributed by atoms with E-state index in [2.05, 4.69) is 54.9 Å². The van der Waals surface area contributed by atoms with Crippen LogP contribution >= 0.6 is 15.9 Å². The Labute approximate surface area is 243 Å². The Hall–Kier alpha value is -2.51. The summed E-state index contributed by atoms with van der Waals surface area (Å²) in [6, 6.07) is 30.0. The zero-order chi connectivity index (χ0) is 27.9. The van der Waals surface area contributed by atoms with E-state index in [1.165, 1.54) is 16.7 Å². The van der Waals surface area contributed by atoms with Gasteiger partial charge in [-0.15, -0.1) is 0 Å². The molecule has 0 bridgehead atoms. The summed E-state index contributed by atoms with van der Waals surface area (Å²) in [5.74, 6) is 0. The van der Waals surface area contributed by atoms with Gasteiger partial charge >= 0.3 is 0 Å². The number of benzene rings is 4. The number of nitrogens with zero attached hydrogens (tertiary/aromatic N) is 2. The molecule has 0 aromatic heterocycles. The lowest BCUT2D eigenvalue weighted by Crippen LogP contribution is -2.47. The van der Waals surface area contributed by atoms with Gasteiger partial charge in [0.05, 0.1) is 18.0 Å². The Morgan fingerprint density at radius 3 is 2.10 bits per heavy atom. The SMILES string of the molecule is CC[N+](CBr)(CCCCN(Cc1ccccc1)S(=O)(=O)c1ccc2ccccc2c1)Cc1cc(C)cc(C)c1. The van der Waals surface area contributed by atoms with Crippen molar-refractivity contribution >= 4 is 36.7 Å². The van der Waals surface area contributed by atoms with Crippen molar-refractivity contribution in [2.75, 3.05) is 25.1 Å². The zero-order valence-electron chi connectivity index (χ0n) is 23.3. The van der Waals surface area contributed by atoms with Crippen molar-refractivity contribution in [1.82, 2.24) is 4.31 Å². The summed E-state index contributed by atoms with van der Waals surface area (Å²) in [4.78, 5) is 0.353. The molecule has 4 rings (SSSR count). The second-order valence-electron chi connectivity index (χ2n) is 10.7. The molecular formula is C33H40BrN2O2S+. The molecule has 0 aliphatic heterocycles. The molecule has 0 fully saturated rings. The molecule has 1 unspecified atom stereocenters. The van der Waals surface area contributed by atoms with Crippen LogP contribution in [0.4, 0.5) is 0 Å². The average molecular weight is 609 g/mol. The van der Waals surface area contributed by atoms with E-state index in [9.17, 15) is 8.42 Å². The van der Waals surface area contributed by atoms with Gasteiger partial charge in [0.2, 0.25) is 10.0 Å². The second-order valence-corrected chi connectivity index (χ2v) is 13.1. The standard InChI is InChI=1S/C33H40BrN2O2S/c1-4-36(26-34,25-30-21-27(2)20-28(3)22-30)19-11-10-18-35(24-29-12-6-5-7-13-29)39(37,38)33-17-16-31-14-8-9-15-32(31)23-33/h5-9,12-17,20-23H,4,10-11,18-19,24-26H2,1-3H3/q+1. The van der Waals surface area contributed by atoms with Gasteiger partial charge in [-0.05, 0) is 78.0 Å². The van der Waals surface area contributed by atoms with Gasteiger partial charge in [-0.3, -0.25) is 0 Å². The van der Waals surface area contributed by atoms with Crippen molar-refractivity contribution < 1.29 is 12.9 Å². The van der Waals surface area contributed by atoms with Crippen molar-refractivity contribution in [3.05, 3.63) is 113 Å². The van der Waals surface area contributed by atoms with E-state index < -0.39 is 10.0 Å². The molecule has 4 aromatic carbocycles. The molecule has 0 heterocycles. The molecular weight excluding hydrogens is 568 g/mol. The van der Waals surface area contributed by atoms with E-state index >= 15 is 0 Å². The highest BCUT2D eigenvalue weighted by molar-refractivity contribution is 9.09. The molecule has 206 valence electrons. The first-order valence-corrected chi connectivity index (χ1v) is 16.3. The Morgan fingerprint density at radius 1 is 0.769 bits per heavy atom. The van der Waals surface area contributed by atoms with Crippen molar-refractivity contribution in [1.29, 1.82) is 0 Å². The van der Waals surface area contributed by atoms with Crippen molar-refractivity contribution in [3.63, 3.8) is 0 Å². The molecule has 0 N–H and O–H groups in total. The molecule has 6 heteroatoms. The van der Waals surface area contributed by atoms with E-state index in [0.717, 1.165) is 58.7 Å². The Kier molecular flexibility index (Phi) is 10.00. The fraction of sp³-hybridized carbons (Fsp3) is 0.333. The van der Waals surface area contributed by atoms with E-state index in [-0.39, 0.29) is 0 Å². The van der Waals surface area contributed by atoms with E-state index in [1.54, 1.807) is 16.4 Å². The maximum atomic E-state index is 13.9. The number of aryl methyl sites for hydroxylation is 2. The first-order valence-electron chi connectivity index (χ1n) is 13.8. The largest absolute Gasteiger partial charge is 0.311 e. The Bertz CT molecular complexity index is 1460. The van der Waals surface area contributed by atoms with Crippen LogP contribution in [-0.4, -0.2) is 42.3 Å². The van der Waals surface area contributed by atoms with Crippen LogP contribution in [0.1, 0.15) is 42.0 Å². The van der Waals surface area contributed by atoms with Crippen molar-refractivity contribution in [2.24, 2.45) is 0 Å². The molecule has 1 atom stereocenters. The molecule has 0 aliphatic carbocycles. The fourth-order valence-electron chi connectivity index (χ4n) is 5.37. The summed E-state index contributed by atoms with van der Waals surface area (Å²) in [7, 11) is -3.66. The molecule has 0 amide bonds. The van der Waals surface area contributed by atoms with Crippen LogP contribution in [0.25, 0.3) is 10.8 Å². The summed E-state index contributed by atoms with van der Waals surface area (Å²) < 4.78 is 30.4. The summed E-state index contributed by atoms with van der Waals surface area (Å²) in [5.41, 5.74) is 5.82. The zero-order valence-corrected chi connectivity index (χ0v) is 25.7. The summed E-state index contributed by atoms with van der Waals surface area (Å²) in [5, 5.41) is 1.98. The number of rotatable bonds is 13. The third kappa shape index (κ3) is 7.57. The van der Waals surface area contributed by atoms with Crippen molar-refractivity contribution in [3.8, 4) is 0 Å². The monoisotopic (exact) mass is 607 g/mol. The van der Waals surface area contributed by atoms with Crippen LogP contribution in [0.2, 0.25) is 0 Å². The minimum Gasteiger partial charge on any atom is -0.311 e. The van der Waals surface area contributed by atoms with Gasteiger partial charge in [-0.2, -0.15) is 4.31 Å². The maximum absolute atomic E-state index is 13.9. The van der Waals surface area contributed by atoms with E-state index in [0.29, 0.717) is 18.0 Å². The molecule has 4 nitrogen and oxygen atoms in total. The van der Waals surface area contributed by atoms with Crippen LogP contribution in [0.5, 0.6) is 0 Å². The summed E-state index contributed by atoms with van der Waals surface area (Å²) in [6.45, 7) is 10.4. The van der Waals surface area contributed by atoms with Crippen LogP contribution < -0.4 is 0 Å². The lowest BCUT2D eigenvalue weighted by Gasteiger charge is -2.36. The van der Waals surface area contributed by atoms with Gasteiger partial charge in [0.15, 0.2) is 0 Å². The number of quaternary nitrogens is 1. The lowest BCUT2D eigenvalue weighted by molar-refractivity contribution is -0.926. The van der Waals surface area contributed by atoms with Gasteiger partial charge in [0.25, 0.3) is 0 Å². The highest BCUT2D eigenvalue weighted by Crippen LogP contribution is 2.25. The topological polar surface area (TPSA) is 37.4 Å². The highest BCUT2D eigenvalue weighted by Gasteiger charge is 2.27. The first kappa shape index (κ1) is 29.5. The van der Waals surface area contributed by atoms with E-state index in [4.69, 9.17) is 0 Å². The van der Waals surface area contributed by atoms with Crippen LogP contribution in [0, 0.1) is 13.8 Å². The Morgan fingerprint density at radius 2 is 1.44 bits per heavy atom. The number of halogens is 1. The second kappa shape index (κ2) is 13.2. The van der Waals surface area contributed by atoms with Gasteiger partial charge < -0.3 is 4.48 Å². The third-order valence-electron chi connectivity index (χ3n) is 7.57. The Balaban J connectivity index is 1.50. The van der Waals surface area contributed by atoms with Gasteiger partial charge in [0.1, 0.15) is 12.0 Å². The minimum atomic E-state index is -3.66. The fourth-order valence-corrected chi connectivity index (χ4v) is 7.65. The van der Waals surface area contributed by atoms with Gasteiger partial charge in [-0.1, -0.05) is 90.0 Å². The lowest BCUT2D eigenvalue weighted by atomic mass is 10.1. The normalized spacial score (nSPS) is 13.6. The quantitative estimate of drug-likeness (QED) is 0.0672. The predicted molar refractivity (Wildman–Crippen MR) is 166 cm³/mol. The number of alkyl halides is 1. The molecule has 0 saturated carbocycles. The first-order chi connectivity index (χ1) is 18.7. The molecule has 0 radical (unpaired) electrons. The predicted octanol–water partition coefficient (Wildman–Crippen LogP) is 7.82. The van der Waals surface area contributed by atoms with Crippen molar-refractivity contribution in [2.45, 2.75) is 51.6 Å². The smallest absolute Gasteiger partial charge is 0.243 e. The average Bonchev–Trinajstić information content (AvgIpc) is 2.93. The number of fused-ring (bicyclic) bond motifs is 1. The van der Waals surface area contributed by atoms with Gasteiger partial charge in [0, 0.05) is 18.7 Å². The summed E-state index contributed by atoms with van der Waals surface area (Å²) in [6.07, 6.45) is 1.75. The molecule has 0 aliphatic rings. The molecule has 0 spiro atoms. The maximum Gasteiger partial charge on any atom is 0.243 e. The molecule has 4 aromatic rings. The molecule has 0 saturated heterocycles.